The molecular formula is C15H20N2O2. The van der Waals surface area contributed by atoms with E-state index in [0.717, 1.165) is 38.2 Å². The predicted molar refractivity (Wildman–Crippen MR) is 72.4 cm³/mol. The molecule has 4 heteroatoms. The van der Waals surface area contributed by atoms with Crippen LogP contribution in [0.25, 0.3) is 0 Å². The van der Waals surface area contributed by atoms with Gasteiger partial charge in [0.2, 0.25) is 5.91 Å². The number of nitrogens with zero attached hydrogens (tertiary/aromatic N) is 1. The summed E-state index contributed by atoms with van der Waals surface area (Å²) in [5.74, 6) is 0.798. The molecule has 2 heterocycles. The number of hydrogen-bond donors (Lipinski definition) is 1. The molecule has 0 aromatic heterocycles. The van der Waals surface area contributed by atoms with Crippen LogP contribution in [0, 0.1) is 5.92 Å². The van der Waals surface area contributed by atoms with Gasteiger partial charge in [0.1, 0.15) is 6.04 Å². The number of carbonyl (C=O) groups excluding carboxylic acids is 1. The summed E-state index contributed by atoms with van der Waals surface area (Å²) in [6.45, 7) is 3.19. The van der Waals surface area contributed by atoms with Crippen LogP contribution < -0.4 is 5.32 Å². The van der Waals surface area contributed by atoms with E-state index in [1.165, 1.54) is 0 Å². The van der Waals surface area contributed by atoms with Crippen LogP contribution in [-0.2, 0) is 9.53 Å². The molecule has 0 saturated carbocycles. The van der Waals surface area contributed by atoms with Gasteiger partial charge in [-0.25, -0.2) is 0 Å². The molecule has 2 fully saturated rings. The maximum Gasteiger partial charge on any atom is 0.245 e. The zero-order valence-corrected chi connectivity index (χ0v) is 11.0. The van der Waals surface area contributed by atoms with Gasteiger partial charge in [0.25, 0.3) is 0 Å². The van der Waals surface area contributed by atoms with E-state index in [2.05, 4.69) is 5.32 Å². The summed E-state index contributed by atoms with van der Waals surface area (Å²) in [6.07, 6.45) is 2.14. The van der Waals surface area contributed by atoms with Crippen molar-refractivity contribution in [2.75, 3.05) is 26.4 Å². The topological polar surface area (TPSA) is 41.6 Å². The Morgan fingerprint density at radius 2 is 1.95 bits per heavy atom. The zero-order valence-electron chi connectivity index (χ0n) is 11.0. The first kappa shape index (κ1) is 12.6. The third kappa shape index (κ3) is 2.80. The second-order valence-electron chi connectivity index (χ2n) is 5.32. The minimum absolute atomic E-state index is 0.166. The standard InChI is InChI=1S/C15H20N2O2/c18-15-14(13-4-2-1-3-5-13)16-11-17(15)10-12-6-8-19-9-7-12/h1-5,12,14,16H,6-11H2. The molecule has 1 amide bonds. The molecular weight excluding hydrogens is 240 g/mol. The van der Waals surface area contributed by atoms with Crippen molar-refractivity contribution < 1.29 is 9.53 Å². The second kappa shape index (κ2) is 5.72. The Bertz CT molecular complexity index is 429. The van der Waals surface area contributed by atoms with Crippen molar-refractivity contribution in [3.8, 4) is 0 Å². The van der Waals surface area contributed by atoms with Crippen molar-refractivity contribution in [1.29, 1.82) is 0 Å². The van der Waals surface area contributed by atoms with Crippen molar-refractivity contribution in [3.05, 3.63) is 35.9 Å². The molecule has 1 unspecified atom stereocenters. The molecule has 0 radical (unpaired) electrons. The van der Waals surface area contributed by atoms with E-state index in [-0.39, 0.29) is 11.9 Å². The molecule has 19 heavy (non-hydrogen) atoms. The third-order valence-electron chi connectivity index (χ3n) is 4.00. The number of carbonyl (C=O) groups is 1. The summed E-state index contributed by atoms with van der Waals surface area (Å²) in [5, 5.41) is 3.31. The van der Waals surface area contributed by atoms with Crippen LogP contribution in [0.2, 0.25) is 0 Å². The first-order chi connectivity index (χ1) is 9.34. The summed E-state index contributed by atoms with van der Waals surface area (Å²) in [4.78, 5) is 14.4. The van der Waals surface area contributed by atoms with Crippen molar-refractivity contribution in [2.24, 2.45) is 5.92 Å². The van der Waals surface area contributed by atoms with Gasteiger partial charge in [-0.3, -0.25) is 10.1 Å². The van der Waals surface area contributed by atoms with Crippen molar-refractivity contribution in [2.45, 2.75) is 18.9 Å². The molecule has 1 aromatic carbocycles. The zero-order chi connectivity index (χ0) is 13.1. The molecule has 1 N–H and O–H groups in total. The van der Waals surface area contributed by atoms with E-state index in [4.69, 9.17) is 4.74 Å². The molecule has 102 valence electrons. The summed E-state index contributed by atoms with van der Waals surface area (Å²) in [6, 6.07) is 9.78. The molecule has 4 nitrogen and oxygen atoms in total. The number of amides is 1. The van der Waals surface area contributed by atoms with Crippen LogP contribution >= 0.6 is 0 Å². The maximum atomic E-state index is 12.4. The number of ether oxygens (including phenoxy) is 1. The highest BCUT2D eigenvalue weighted by Crippen LogP contribution is 2.23. The minimum Gasteiger partial charge on any atom is -0.381 e. The van der Waals surface area contributed by atoms with Crippen molar-refractivity contribution >= 4 is 5.91 Å². The van der Waals surface area contributed by atoms with Crippen LogP contribution in [0.15, 0.2) is 30.3 Å². The normalized spacial score (nSPS) is 24.9. The molecule has 2 aliphatic heterocycles. The Kier molecular flexibility index (Phi) is 3.80. The van der Waals surface area contributed by atoms with E-state index in [9.17, 15) is 4.79 Å². The Balaban J connectivity index is 1.62. The van der Waals surface area contributed by atoms with Crippen molar-refractivity contribution in [3.63, 3.8) is 0 Å². The molecule has 1 aromatic rings. The number of rotatable bonds is 3. The van der Waals surface area contributed by atoms with Crippen LogP contribution in [0.1, 0.15) is 24.4 Å². The van der Waals surface area contributed by atoms with Gasteiger partial charge < -0.3 is 9.64 Å². The molecule has 0 bridgehead atoms. The lowest BCUT2D eigenvalue weighted by Crippen LogP contribution is -2.34. The fourth-order valence-corrected chi connectivity index (χ4v) is 2.85. The van der Waals surface area contributed by atoms with Crippen molar-refractivity contribution in [1.82, 2.24) is 10.2 Å². The lowest BCUT2D eigenvalue weighted by molar-refractivity contribution is -0.130. The van der Waals surface area contributed by atoms with E-state index >= 15 is 0 Å². The highest BCUT2D eigenvalue weighted by molar-refractivity contribution is 5.85. The van der Waals surface area contributed by atoms with E-state index in [1.807, 2.05) is 35.2 Å². The smallest absolute Gasteiger partial charge is 0.245 e. The van der Waals surface area contributed by atoms with Crippen LogP contribution in [0.3, 0.4) is 0 Å². The van der Waals surface area contributed by atoms with Gasteiger partial charge >= 0.3 is 0 Å². The monoisotopic (exact) mass is 260 g/mol. The van der Waals surface area contributed by atoms with Gasteiger partial charge in [-0.2, -0.15) is 0 Å². The predicted octanol–water partition coefficient (Wildman–Crippen LogP) is 1.54. The Morgan fingerprint density at radius 3 is 2.68 bits per heavy atom. The lowest BCUT2D eigenvalue weighted by atomic mass is 9.99. The SMILES string of the molecule is O=C1C(c2ccccc2)NCN1CC1CCOCC1. The molecule has 0 aliphatic carbocycles. The minimum atomic E-state index is -0.166. The van der Waals surface area contributed by atoms with Gasteiger partial charge in [-0.05, 0) is 24.3 Å². The van der Waals surface area contributed by atoms with Gasteiger partial charge in [0, 0.05) is 19.8 Å². The Labute approximate surface area is 113 Å². The summed E-state index contributed by atoms with van der Waals surface area (Å²) in [5.41, 5.74) is 1.06. The largest absolute Gasteiger partial charge is 0.381 e. The lowest BCUT2D eigenvalue weighted by Gasteiger charge is -2.26. The summed E-state index contributed by atoms with van der Waals surface area (Å²) in [7, 11) is 0. The summed E-state index contributed by atoms with van der Waals surface area (Å²) < 4.78 is 5.36. The first-order valence-electron chi connectivity index (χ1n) is 6.99. The second-order valence-corrected chi connectivity index (χ2v) is 5.32. The first-order valence-corrected chi connectivity index (χ1v) is 6.99. The molecule has 1 atom stereocenters. The van der Waals surface area contributed by atoms with Gasteiger partial charge in [0.05, 0.1) is 6.67 Å². The average molecular weight is 260 g/mol. The molecule has 0 spiro atoms. The summed E-state index contributed by atoms with van der Waals surface area (Å²) >= 11 is 0. The van der Waals surface area contributed by atoms with Crippen LogP contribution in [0.5, 0.6) is 0 Å². The highest BCUT2D eigenvalue weighted by Gasteiger charge is 2.33. The quantitative estimate of drug-likeness (QED) is 0.896. The molecule has 2 saturated heterocycles. The number of nitrogens with one attached hydrogen (secondary N) is 1. The third-order valence-corrected chi connectivity index (χ3v) is 4.00. The number of hydrogen-bond acceptors (Lipinski definition) is 3. The fourth-order valence-electron chi connectivity index (χ4n) is 2.85. The van der Waals surface area contributed by atoms with E-state index in [1.54, 1.807) is 0 Å². The Morgan fingerprint density at radius 1 is 1.21 bits per heavy atom. The fraction of sp³-hybridized carbons (Fsp3) is 0.533. The molecule has 2 aliphatic rings. The van der Waals surface area contributed by atoms with Gasteiger partial charge in [0.15, 0.2) is 0 Å². The maximum absolute atomic E-state index is 12.4. The average Bonchev–Trinajstić information content (AvgIpc) is 2.82. The van der Waals surface area contributed by atoms with E-state index < -0.39 is 0 Å². The molecule has 3 rings (SSSR count). The van der Waals surface area contributed by atoms with Gasteiger partial charge in [-0.1, -0.05) is 30.3 Å². The van der Waals surface area contributed by atoms with E-state index in [0.29, 0.717) is 12.6 Å². The van der Waals surface area contributed by atoms with Crippen LogP contribution in [0.4, 0.5) is 0 Å². The number of benzene rings is 1. The van der Waals surface area contributed by atoms with Gasteiger partial charge in [-0.15, -0.1) is 0 Å². The highest BCUT2D eigenvalue weighted by atomic mass is 16.5. The van der Waals surface area contributed by atoms with Crippen LogP contribution in [-0.4, -0.2) is 37.2 Å². The Hall–Kier alpha value is -1.39.